The number of aromatic nitrogens is 5. The van der Waals surface area contributed by atoms with Gasteiger partial charge in [0.25, 0.3) is 0 Å². The summed E-state index contributed by atoms with van der Waals surface area (Å²) in [5.41, 5.74) is 5.99. The Morgan fingerprint density at radius 2 is 1.83 bits per heavy atom. The molecular weight excluding hydrogens is 646 g/mol. The molecule has 11 heteroatoms. The number of halogens is 1. The zero-order valence-corrected chi connectivity index (χ0v) is 27.8. The van der Waals surface area contributed by atoms with Crippen LogP contribution in [0.1, 0.15) is 72.8 Å². The lowest BCUT2D eigenvalue weighted by Crippen LogP contribution is -2.46. The largest absolute Gasteiger partial charge is 0.337 e. The Labute approximate surface area is 274 Å². The molecule has 0 spiro atoms. The molecule has 0 bridgehead atoms. The second-order valence-corrected chi connectivity index (χ2v) is 14.3. The Hall–Kier alpha value is -4.38. The van der Waals surface area contributed by atoms with Gasteiger partial charge in [-0.2, -0.15) is 5.10 Å². The van der Waals surface area contributed by atoms with Crippen LogP contribution >= 0.6 is 15.9 Å². The SMILES string of the molecule is CC(=O)c1cn(CC(=O)N2[C@H](C(=O)Nc3nc(Br)ccc3C3CC3)C[C@@]3(C)C[C@@H]23)c2c(C)cc(-c3ccc4nc(C)nn4c3)cc12. The van der Waals surface area contributed by atoms with Gasteiger partial charge in [0.05, 0.1) is 5.52 Å². The Kier molecular flexibility index (Phi) is 6.51. The topological polar surface area (TPSA) is 114 Å². The molecule has 1 N–H and O–H groups in total. The molecule has 3 fully saturated rings. The number of pyridine rings is 2. The van der Waals surface area contributed by atoms with Gasteiger partial charge in [0.15, 0.2) is 11.4 Å². The lowest BCUT2D eigenvalue weighted by molar-refractivity contribution is -0.138. The predicted octanol–water partition coefficient (Wildman–Crippen LogP) is 6.22. The van der Waals surface area contributed by atoms with E-state index in [1.165, 1.54) is 0 Å². The van der Waals surface area contributed by atoms with Crippen molar-refractivity contribution < 1.29 is 14.4 Å². The Morgan fingerprint density at radius 3 is 2.59 bits per heavy atom. The summed E-state index contributed by atoms with van der Waals surface area (Å²) in [5, 5.41) is 8.32. The third kappa shape index (κ3) is 4.83. The molecule has 1 aromatic carbocycles. The van der Waals surface area contributed by atoms with Crippen LogP contribution in [0, 0.1) is 19.3 Å². The molecule has 1 aliphatic heterocycles. The van der Waals surface area contributed by atoms with E-state index >= 15 is 0 Å². The maximum atomic E-state index is 14.2. The number of fused-ring (bicyclic) bond motifs is 3. The molecule has 0 unspecified atom stereocenters. The summed E-state index contributed by atoms with van der Waals surface area (Å²) < 4.78 is 4.30. The van der Waals surface area contributed by atoms with Crippen LogP contribution in [0.2, 0.25) is 0 Å². The van der Waals surface area contributed by atoms with Crippen molar-refractivity contribution in [1.29, 1.82) is 0 Å². The van der Waals surface area contributed by atoms with Crippen LogP contribution in [0.5, 0.6) is 0 Å². The lowest BCUT2D eigenvalue weighted by Gasteiger charge is -2.27. The number of rotatable bonds is 7. The lowest BCUT2D eigenvalue weighted by atomic mass is 9.99. The zero-order chi connectivity index (χ0) is 32.1. The number of carbonyl (C=O) groups excluding carboxylic acids is 3. The normalized spacial score (nSPS) is 22.0. The van der Waals surface area contributed by atoms with Gasteiger partial charge in [0, 0.05) is 34.9 Å². The van der Waals surface area contributed by atoms with Crippen LogP contribution in [-0.2, 0) is 16.1 Å². The highest BCUT2D eigenvalue weighted by Gasteiger charge is 2.64. The average molecular weight is 681 g/mol. The van der Waals surface area contributed by atoms with Crippen LogP contribution in [0.4, 0.5) is 5.82 Å². The highest BCUT2D eigenvalue weighted by molar-refractivity contribution is 9.10. The Bertz CT molecular complexity index is 2130. The zero-order valence-electron chi connectivity index (χ0n) is 26.2. The molecule has 2 amide bonds. The minimum absolute atomic E-state index is 0.0197. The van der Waals surface area contributed by atoms with Gasteiger partial charge < -0.3 is 14.8 Å². The van der Waals surface area contributed by atoms with E-state index in [-0.39, 0.29) is 35.6 Å². The number of piperidine rings is 1. The standard InChI is InChI=1S/C35H34BrN7O3/c1-18-11-23(22-7-10-30-37-20(3)40-42(30)15-22)12-25-26(19(2)44)16-41(32(18)25)17-31(45)43-27(13-35(4)14-28(35)43)34(46)39-33-24(21-5-6-21)8-9-29(36)38-33/h7-12,15-16,21,27-28H,5-6,13-14,17H2,1-4H3,(H,38,39,46)/t27-,28+,35-/m0/s1. The summed E-state index contributed by atoms with van der Waals surface area (Å²) in [4.78, 5) is 51.6. The third-order valence-electron chi connectivity index (χ3n) is 10.00. The fourth-order valence-corrected chi connectivity index (χ4v) is 7.76. The maximum Gasteiger partial charge on any atom is 0.248 e. The van der Waals surface area contributed by atoms with Gasteiger partial charge in [-0.15, -0.1) is 0 Å². The Morgan fingerprint density at radius 1 is 1.02 bits per heavy atom. The molecule has 8 rings (SSSR count). The molecule has 1 saturated heterocycles. The van der Waals surface area contributed by atoms with Crippen LogP contribution in [0.25, 0.3) is 27.7 Å². The van der Waals surface area contributed by atoms with Crippen molar-refractivity contribution in [1.82, 2.24) is 29.0 Å². The molecule has 4 aromatic heterocycles. The molecule has 2 aliphatic carbocycles. The van der Waals surface area contributed by atoms with E-state index in [9.17, 15) is 14.4 Å². The summed E-state index contributed by atoms with van der Waals surface area (Å²) in [6.45, 7) is 7.60. The number of hydrogen-bond donors (Lipinski definition) is 1. The smallest absolute Gasteiger partial charge is 0.248 e. The number of benzene rings is 1. The van der Waals surface area contributed by atoms with Crippen LogP contribution in [0.3, 0.4) is 0 Å². The molecule has 0 radical (unpaired) electrons. The van der Waals surface area contributed by atoms with Gasteiger partial charge in [-0.25, -0.2) is 14.5 Å². The second-order valence-electron chi connectivity index (χ2n) is 13.5. The number of hydrogen-bond acceptors (Lipinski definition) is 6. The van der Waals surface area contributed by atoms with E-state index in [0.717, 1.165) is 58.1 Å². The molecule has 234 valence electrons. The number of Topliss-reactive ketones (excluding diaryl/α,β-unsaturated/α-hetero) is 1. The van der Waals surface area contributed by atoms with E-state index in [1.807, 2.05) is 54.9 Å². The first-order chi connectivity index (χ1) is 22.0. The van der Waals surface area contributed by atoms with Crippen molar-refractivity contribution in [3.8, 4) is 11.1 Å². The number of nitrogens with one attached hydrogen (secondary N) is 1. The third-order valence-corrected chi connectivity index (χ3v) is 10.4. The van der Waals surface area contributed by atoms with Crippen molar-refractivity contribution in [2.75, 3.05) is 5.32 Å². The molecule has 2 saturated carbocycles. The van der Waals surface area contributed by atoms with E-state index < -0.39 is 6.04 Å². The average Bonchev–Trinajstić information content (AvgIpc) is 3.84. The number of aryl methyl sites for hydroxylation is 2. The molecule has 10 nitrogen and oxygen atoms in total. The second kappa shape index (κ2) is 10.3. The van der Waals surface area contributed by atoms with Crippen LogP contribution in [-0.4, -0.2) is 58.7 Å². The summed E-state index contributed by atoms with van der Waals surface area (Å²) in [5.74, 6) is 1.29. The number of anilines is 1. The quantitative estimate of drug-likeness (QED) is 0.161. The number of amides is 2. The van der Waals surface area contributed by atoms with E-state index in [2.05, 4.69) is 49.3 Å². The highest BCUT2D eigenvalue weighted by Crippen LogP contribution is 2.59. The minimum Gasteiger partial charge on any atom is -0.337 e. The number of nitrogens with zero attached hydrogens (tertiary/aromatic N) is 6. The molecule has 5 heterocycles. The first-order valence-corrected chi connectivity index (χ1v) is 16.5. The molecule has 3 aliphatic rings. The minimum atomic E-state index is -0.582. The van der Waals surface area contributed by atoms with Crippen molar-refractivity contribution in [3.05, 3.63) is 75.9 Å². The van der Waals surface area contributed by atoms with E-state index in [0.29, 0.717) is 34.1 Å². The van der Waals surface area contributed by atoms with Gasteiger partial charge >= 0.3 is 0 Å². The maximum absolute atomic E-state index is 14.2. The van der Waals surface area contributed by atoms with E-state index in [1.54, 1.807) is 22.5 Å². The van der Waals surface area contributed by atoms with Gasteiger partial charge in [-0.05, 0) is 121 Å². The number of ketones is 1. The summed E-state index contributed by atoms with van der Waals surface area (Å²) in [7, 11) is 0. The monoisotopic (exact) mass is 679 g/mol. The predicted molar refractivity (Wildman–Crippen MR) is 178 cm³/mol. The Balaban J connectivity index is 1.11. The number of likely N-dealkylation sites (tertiary alicyclic amines) is 1. The van der Waals surface area contributed by atoms with Gasteiger partial charge in [0.2, 0.25) is 11.8 Å². The van der Waals surface area contributed by atoms with Gasteiger partial charge in [-0.1, -0.05) is 13.0 Å². The molecule has 3 atom stereocenters. The van der Waals surface area contributed by atoms with Gasteiger partial charge in [-0.3, -0.25) is 14.4 Å². The van der Waals surface area contributed by atoms with Crippen molar-refractivity contribution in [2.24, 2.45) is 5.41 Å². The van der Waals surface area contributed by atoms with Crippen LogP contribution < -0.4 is 5.32 Å². The fraction of sp³-hybridized carbons (Fsp3) is 0.371. The first kappa shape index (κ1) is 29.1. The van der Waals surface area contributed by atoms with E-state index in [4.69, 9.17) is 0 Å². The van der Waals surface area contributed by atoms with Crippen molar-refractivity contribution >= 4 is 55.9 Å². The highest BCUT2D eigenvalue weighted by atomic mass is 79.9. The summed E-state index contributed by atoms with van der Waals surface area (Å²) in [6, 6.07) is 11.4. The van der Waals surface area contributed by atoms with Crippen molar-refractivity contribution in [3.63, 3.8) is 0 Å². The number of carbonyl (C=O) groups is 3. The van der Waals surface area contributed by atoms with Crippen LogP contribution in [0.15, 0.2) is 53.4 Å². The van der Waals surface area contributed by atoms with Gasteiger partial charge in [0.1, 0.15) is 28.8 Å². The van der Waals surface area contributed by atoms with Crippen molar-refractivity contribution in [2.45, 2.75) is 77.9 Å². The summed E-state index contributed by atoms with van der Waals surface area (Å²) >= 11 is 3.44. The molecule has 46 heavy (non-hydrogen) atoms. The molecule has 5 aromatic rings. The molecular formula is C35H34BrN7O3. The first-order valence-electron chi connectivity index (χ1n) is 15.8. The fourth-order valence-electron chi connectivity index (χ4n) is 7.45. The summed E-state index contributed by atoms with van der Waals surface area (Å²) in [6.07, 6.45) is 7.40.